The molecule has 0 heterocycles. The first-order chi connectivity index (χ1) is 11.1. The Hall–Kier alpha value is -1.84. The van der Waals surface area contributed by atoms with Crippen molar-refractivity contribution in [3.05, 3.63) is 71.3 Å². The number of aryl methyl sites for hydroxylation is 1. The largest absolute Gasteiger partial charge is 0.465 e. The van der Waals surface area contributed by atoms with Gasteiger partial charge in [0.15, 0.2) is 0 Å². The minimum atomic E-state index is -0.289. The molecule has 4 heteroatoms. The van der Waals surface area contributed by atoms with Crippen LogP contribution in [0.25, 0.3) is 0 Å². The average molecular weight is 348 g/mol. The number of carbonyl (C=O) groups excluding carboxylic acids is 1. The number of hydrogen-bond acceptors (Lipinski definition) is 3. The minimum absolute atomic E-state index is 0. The summed E-state index contributed by atoms with van der Waals surface area (Å²) in [6, 6.07) is 18.9. The highest BCUT2D eigenvalue weighted by atomic mass is 35.5. The second-order valence-corrected chi connectivity index (χ2v) is 5.93. The molecule has 0 fully saturated rings. The van der Waals surface area contributed by atoms with E-state index in [4.69, 9.17) is 4.74 Å². The predicted molar refractivity (Wildman–Crippen MR) is 101 cm³/mol. The summed E-state index contributed by atoms with van der Waals surface area (Å²) in [6.45, 7) is 4.40. The Bertz CT molecular complexity index is 613. The van der Waals surface area contributed by atoms with Gasteiger partial charge >= 0.3 is 5.97 Å². The molecule has 0 aliphatic heterocycles. The second kappa shape index (κ2) is 10.1. The topological polar surface area (TPSA) is 38.3 Å². The smallest absolute Gasteiger partial charge is 0.337 e. The summed E-state index contributed by atoms with van der Waals surface area (Å²) in [5, 5.41) is 3.63. The van der Waals surface area contributed by atoms with E-state index in [0.717, 1.165) is 12.8 Å². The van der Waals surface area contributed by atoms with Crippen molar-refractivity contribution in [3.8, 4) is 0 Å². The van der Waals surface area contributed by atoms with Crippen molar-refractivity contribution < 1.29 is 9.53 Å². The molecule has 0 saturated heterocycles. The fraction of sp³-hybridized carbons (Fsp3) is 0.350. The number of esters is 1. The van der Waals surface area contributed by atoms with Crippen molar-refractivity contribution in [1.82, 2.24) is 5.32 Å². The maximum atomic E-state index is 11.4. The Balaban J connectivity index is 0.00000288. The van der Waals surface area contributed by atoms with E-state index in [2.05, 4.69) is 43.4 Å². The molecule has 0 aromatic heterocycles. The fourth-order valence-electron chi connectivity index (χ4n) is 2.66. The highest BCUT2D eigenvalue weighted by molar-refractivity contribution is 5.89. The Morgan fingerprint density at radius 3 is 2.25 bits per heavy atom. The Morgan fingerprint density at radius 2 is 1.67 bits per heavy atom. The standard InChI is InChI=1S/C20H25NO2.ClH/c1-15(21-16(2)18-7-5-4-6-8-18)9-10-17-11-13-19(14-12-17)20(22)23-3;/h4-8,11-16,21H,9-10H2,1-3H3;1H/t15-,16-;/m0./s1. The van der Waals surface area contributed by atoms with Crippen molar-refractivity contribution in [1.29, 1.82) is 0 Å². The van der Waals surface area contributed by atoms with Crippen LogP contribution >= 0.6 is 12.4 Å². The van der Waals surface area contributed by atoms with Crippen LogP contribution in [0.1, 0.15) is 47.8 Å². The zero-order chi connectivity index (χ0) is 16.7. The number of methoxy groups -OCH3 is 1. The molecular weight excluding hydrogens is 322 g/mol. The maximum Gasteiger partial charge on any atom is 0.337 e. The predicted octanol–water partition coefficient (Wildman–Crippen LogP) is 4.57. The van der Waals surface area contributed by atoms with Crippen molar-refractivity contribution in [2.45, 2.75) is 38.8 Å². The zero-order valence-electron chi connectivity index (χ0n) is 14.5. The van der Waals surface area contributed by atoms with Gasteiger partial charge in [-0.05, 0) is 49.9 Å². The molecule has 2 rings (SSSR count). The van der Waals surface area contributed by atoms with Crippen molar-refractivity contribution in [2.75, 3.05) is 7.11 Å². The lowest BCUT2D eigenvalue weighted by atomic mass is 10.0. The molecule has 3 nitrogen and oxygen atoms in total. The van der Waals surface area contributed by atoms with Gasteiger partial charge in [-0.1, -0.05) is 42.5 Å². The summed E-state index contributed by atoms with van der Waals surface area (Å²) >= 11 is 0. The quantitative estimate of drug-likeness (QED) is 0.746. The third kappa shape index (κ3) is 5.99. The van der Waals surface area contributed by atoms with Crippen LogP contribution in [0.2, 0.25) is 0 Å². The Morgan fingerprint density at radius 1 is 1.04 bits per heavy atom. The maximum absolute atomic E-state index is 11.4. The first-order valence-electron chi connectivity index (χ1n) is 8.08. The highest BCUT2D eigenvalue weighted by Gasteiger charge is 2.10. The molecule has 0 aliphatic carbocycles. The third-order valence-corrected chi connectivity index (χ3v) is 4.08. The van der Waals surface area contributed by atoms with Gasteiger partial charge in [-0.3, -0.25) is 0 Å². The van der Waals surface area contributed by atoms with E-state index in [1.807, 2.05) is 30.3 Å². The molecule has 0 bridgehead atoms. The number of rotatable bonds is 7. The van der Waals surface area contributed by atoms with Gasteiger partial charge in [0.2, 0.25) is 0 Å². The van der Waals surface area contributed by atoms with Gasteiger partial charge < -0.3 is 10.1 Å². The van der Waals surface area contributed by atoms with Gasteiger partial charge in [0.25, 0.3) is 0 Å². The van der Waals surface area contributed by atoms with E-state index >= 15 is 0 Å². The molecule has 0 spiro atoms. The molecule has 0 amide bonds. The molecule has 130 valence electrons. The van der Waals surface area contributed by atoms with E-state index in [0.29, 0.717) is 17.6 Å². The summed E-state index contributed by atoms with van der Waals surface area (Å²) in [7, 11) is 1.40. The number of ether oxygens (including phenoxy) is 1. The molecule has 1 N–H and O–H groups in total. The van der Waals surface area contributed by atoms with Crippen LogP contribution in [0.5, 0.6) is 0 Å². The highest BCUT2D eigenvalue weighted by Crippen LogP contribution is 2.14. The minimum Gasteiger partial charge on any atom is -0.465 e. The Kier molecular flexibility index (Phi) is 8.51. The van der Waals surface area contributed by atoms with E-state index in [9.17, 15) is 4.79 Å². The van der Waals surface area contributed by atoms with E-state index in [1.165, 1.54) is 18.2 Å². The fourth-order valence-corrected chi connectivity index (χ4v) is 2.66. The van der Waals surface area contributed by atoms with E-state index < -0.39 is 0 Å². The summed E-state index contributed by atoms with van der Waals surface area (Å²) in [5.74, 6) is -0.289. The molecule has 0 saturated carbocycles. The first kappa shape index (κ1) is 20.2. The summed E-state index contributed by atoms with van der Waals surface area (Å²) < 4.78 is 4.71. The van der Waals surface area contributed by atoms with Gasteiger partial charge in [0, 0.05) is 12.1 Å². The van der Waals surface area contributed by atoms with Gasteiger partial charge in [-0.25, -0.2) is 4.79 Å². The summed E-state index contributed by atoms with van der Waals surface area (Å²) in [5.41, 5.74) is 3.14. The summed E-state index contributed by atoms with van der Waals surface area (Å²) in [6.07, 6.45) is 2.03. The van der Waals surface area contributed by atoms with Gasteiger partial charge in [0.1, 0.15) is 0 Å². The molecule has 2 atom stereocenters. The van der Waals surface area contributed by atoms with Crippen LogP contribution in [-0.4, -0.2) is 19.1 Å². The van der Waals surface area contributed by atoms with Crippen molar-refractivity contribution in [3.63, 3.8) is 0 Å². The van der Waals surface area contributed by atoms with Crippen LogP contribution in [0.4, 0.5) is 0 Å². The lowest BCUT2D eigenvalue weighted by Gasteiger charge is -2.20. The van der Waals surface area contributed by atoms with Crippen LogP contribution in [0.15, 0.2) is 54.6 Å². The number of benzene rings is 2. The monoisotopic (exact) mass is 347 g/mol. The number of carbonyl (C=O) groups is 1. The molecular formula is C20H26ClNO2. The SMILES string of the molecule is COC(=O)c1ccc(CC[C@H](C)N[C@@H](C)c2ccccc2)cc1.Cl. The number of hydrogen-bond donors (Lipinski definition) is 1. The molecule has 2 aromatic rings. The Labute approximate surface area is 150 Å². The van der Waals surface area contributed by atoms with Crippen LogP contribution < -0.4 is 5.32 Å². The van der Waals surface area contributed by atoms with Gasteiger partial charge in [0.05, 0.1) is 12.7 Å². The normalized spacial score (nSPS) is 12.8. The van der Waals surface area contributed by atoms with Crippen molar-refractivity contribution in [2.24, 2.45) is 0 Å². The van der Waals surface area contributed by atoms with Crippen LogP contribution in [-0.2, 0) is 11.2 Å². The first-order valence-corrected chi connectivity index (χ1v) is 8.08. The molecule has 0 radical (unpaired) electrons. The zero-order valence-corrected chi connectivity index (χ0v) is 15.3. The van der Waals surface area contributed by atoms with E-state index in [1.54, 1.807) is 0 Å². The molecule has 2 aromatic carbocycles. The van der Waals surface area contributed by atoms with Gasteiger partial charge in [-0.2, -0.15) is 0 Å². The van der Waals surface area contributed by atoms with E-state index in [-0.39, 0.29) is 18.4 Å². The molecule has 24 heavy (non-hydrogen) atoms. The summed E-state index contributed by atoms with van der Waals surface area (Å²) in [4.78, 5) is 11.4. The third-order valence-electron chi connectivity index (χ3n) is 4.08. The number of halogens is 1. The second-order valence-electron chi connectivity index (χ2n) is 5.93. The average Bonchev–Trinajstić information content (AvgIpc) is 2.60. The molecule has 0 aliphatic rings. The number of nitrogens with one attached hydrogen (secondary N) is 1. The molecule has 0 unspecified atom stereocenters. The van der Waals surface area contributed by atoms with Gasteiger partial charge in [-0.15, -0.1) is 12.4 Å². The van der Waals surface area contributed by atoms with Crippen LogP contribution in [0.3, 0.4) is 0 Å². The van der Waals surface area contributed by atoms with Crippen molar-refractivity contribution >= 4 is 18.4 Å². The van der Waals surface area contributed by atoms with Crippen LogP contribution in [0, 0.1) is 0 Å². The lowest BCUT2D eigenvalue weighted by Crippen LogP contribution is -2.29. The lowest BCUT2D eigenvalue weighted by molar-refractivity contribution is 0.0600.